The van der Waals surface area contributed by atoms with Crippen LogP contribution in [0.15, 0.2) is 0 Å². The van der Waals surface area contributed by atoms with Gasteiger partial charge in [-0.1, -0.05) is 0 Å². The molecule has 0 aromatic carbocycles. The molecule has 0 saturated heterocycles. The molecular weight excluding hydrogens is 196 g/mol. The average Bonchev–Trinajstić information content (AvgIpc) is 2.09. The van der Waals surface area contributed by atoms with Crippen molar-refractivity contribution in [3.8, 4) is 0 Å². The van der Waals surface area contributed by atoms with Gasteiger partial charge in [0.25, 0.3) is 0 Å². The maximum Gasteiger partial charge on any atom is 0.173 e. The summed E-state index contributed by atoms with van der Waals surface area (Å²) in [7, 11) is -1.62. The van der Waals surface area contributed by atoms with Crippen molar-refractivity contribution in [3.05, 3.63) is 0 Å². The van der Waals surface area contributed by atoms with Crippen LogP contribution in [0.5, 0.6) is 0 Å². The maximum absolute atomic E-state index is 6.00. The van der Waals surface area contributed by atoms with Gasteiger partial charge in [0.2, 0.25) is 0 Å². The minimum absolute atomic E-state index is 0.291. The van der Waals surface area contributed by atoms with E-state index in [0.717, 1.165) is 25.9 Å². The summed E-state index contributed by atoms with van der Waals surface area (Å²) in [6.07, 6.45) is 2.25. The minimum atomic E-state index is -1.33. The molecule has 0 spiro atoms. The Morgan fingerprint density at radius 1 is 1.15 bits per heavy atom. The van der Waals surface area contributed by atoms with Crippen LogP contribution in [0.4, 0.5) is 0 Å². The first kappa shape index (κ1) is 13.3. The third-order valence-corrected chi connectivity index (χ3v) is 8.36. The summed E-state index contributed by atoms with van der Waals surface area (Å²) in [4.78, 5) is 0. The standard InChI is InChI=1S/C8H24N2OSi2/c1-13(2,8-4-6-10)11-12-7-3-5-9/h3-10,12H2,1-2H3. The largest absolute Gasteiger partial charge is 0.460 e. The van der Waals surface area contributed by atoms with Gasteiger partial charge >= 0.3 is 0 Å². The number of rotatable bonds is 8. The van der Waals surface area contributed by atoms with E-state index in [0.29, 0.717) is 0 Å². The van der Waals surface area contributed by atoms with Crippen molar-refractivity contribution in [1.29, 1.82) is 0 Å². The molecule has 13 heavy (non-hydrogen) atoms. The van der Waals surface area contributed by atoms with Crippen LogP contribution in [0, 0.1) is 0 Å². The highest BCUT2D eigenvalue weighted by Gasteiger charge is 2.20. The fourth-order valence-electron chi connectivity index (χ4n) is 1.19. The Morgan fingerprint density at radius 2 is 1.77 bits per heavy atom. The Labute approximate surface area is 85.3 Å². The van der Waals surface area contributed by atoms with Gasteiger partial charge in [-0.25, -0.2) is 0 Å². The first-order valence-electron chi connectivity index (χ1n) is 5.16. The fourth-order valence-corrected chi connectivity index (χ4v) is 6.11. The van der Waals surface area contributed by atoms with Gasteiger partial charge in [0.15, 0.2) is 8.32 Å². The zero-order chi connectivity index (χ0) is 10.2. The van der Waals surface area contributed by atoms with E-state index in [1.807, 2.05) is 0 Å². The van der Waals surface area contributed by atoms with E-state index in [4.69, 9.17) is 15.6 Å². The van der Waals surface area contributed by atoms with Crippen molar-refractivity contribution in [2.45, 2.75) is 38.0 Å². The van der Waals surface area contributed by atoms with Crippen LogP contribution in [0.3, 0.4) is 0 Å². The molecule has 0 radical (unpaired) electrons. The van der Waals surface area contributed by atoms with Gasteiger partial charge in [0.05, 0.1) is 0 Å². The molecule has 0 aliphatic rings. The molecule has 0 rings (SSSR count). The summed E-state index contributed by atoms with van der Waals surface area (Å²) in [5.41, 5.74) is 10.9. The summed E-state index contributed by atoms with van der Waals surface area (Å²) in [6.45, 7) is 6.18. The molecular formula is C8H24N2OSi2. The average molecular weight is 220 g/mol. The summed E-state index contributed by atoms with van der Waals surface area (Å²) in [5.74, 6) is 0. The van der Waals surface area contributed by atoms with E-state index in [1.165, 1.54) is 12.1 Å². The smallest absolute Gasteiger partial charge is 0.173 e. The van der Waals surface area contributed by atoms with Gasteiger partial charge < -0.3 is 15.6 Å². The van der Waals surface area contributed by atoms with E-state index in [9.17, 15) is 0 Å². The van der Waals surface area contributed by atoms with Crippen LogP contribution in [-0.2, 0) is 4.12 Å². The predicted octanol–water partition coefficient (Wildman–Crippen LogP) is 0.408. The van der Waals surface area contributed by atoms with Crippen LogP contribution >= 0.6 is 0 Å². The van der Waals surface area contributed by atoms with E-state index in [1.54, 1.807) is 0 Å². The second-order valence-electron chi connectivity index (χ2n) is 4.00. The highest BCUT2D eigenvalue weighted by molar-refractivity contribution is 6.75. The lowest BCUT2D eigenvalue weighted by Gasteiger charge is -2.22. The number of hydrogen-bond donors (Lipinski definition) is 2. The second-order valence-corrected chi connectivity index (χ2v) is 10.3. The third-order valence-electron chi connectivity index (χ3n) is 2.07. The molecule has 0 bridgehead atoms. The molecule has 0 heterocycles. The van der Waals surface area contributed by atoms with Crippen LogP contribution in [0.1, 0.15) is 12.8 Å². The minimum Gasteiger partial charge on any atom is -0.460 e. The van der Waals surface area contributed by atoms with Crippen LogP contribution in [0.2, 0.25) is 25.2 Å². The molecule has 0 unspecified atom stereocenters. The van der Waals surface area contributed by atoms with E-state index >= 15 is 0 Å². The second kappa shape index (κ2) is 7.69. The molecule has 4 N–H and O–H groups in total. The van der Waals surface area contributed by atoms with Crippen molar-refractivity contribution in [1.82, 2.24) is 0 Å². The van der Waals surface area contributed by atoms with Gasteiger partial charge in [0.1, 0.15) is 9.76 Å². The van der Waals surface area contributed by atoms with Crippen molar-refractivity contribution >= 4 is 18.1 Å². The molecule has 0 atom stereocenters. The Kier molecular flexibility index (Phi) is 7.88. The fraction of sp³-hybridized carbons (Fsp3) is 1.00. The molecule has 0 aliphatic carbocycles. The lowest BCUT2D eigenvalue weighted by Crippen LogP contribution is -2.32. The zero-order valence-electron chi connectivity index (χ0n) is 9.01. The summed E-state index contributed by atoms with van der Waals surface area (Å²) in [5, 5.41) is 0. The lowest BCUT2D eigenvalue weighted by atomic mass is 10.5. The van der Waals surface area contributed by atoms with E-state index in [2.05, 4.69) is 13.1 Å². The van der Waals surface area contributed by atoms with Gasteiger partial charge in [-0.2, -0.15) is 0 Å². The zero-order valence-corrected chi connectivity index (χ0v) is 11.4. The molecule has 3 nitrogen and oxygen atoms in total. The van der Waals surface area contributed by atoms with Gasteiger partial charge in [0, 0.05) is 0 Å². The number of nitrogens with two attached hydrogens (primary N) is 2. The number of hydrogen-bond acceptors (Lipinski definition) is 3. The summed E-state index contributed by atoms with van der Waals surface area (Å²) < 4.78 is 6.00. The topological polar surface area (TPSA) is 61.3 Å². The van der Waals surface area contributed by atoms with Crippen molar-refractivity contribution in [2.75, 3.05) is 13.1 Å². The summed E-state index contributed by atoms with van der Waals surface area (Å²) in [6, 6.07) is 2.44. The lowest BCUT2D eigenvalue weighted by molar-refractivity contribution is 0.575. The monoisotopic (exact) mass is 220 g/mol. The third kappa shape index (κ3) is 8.64. The Morgan fingerprint density at radius 3 is 2.31 bits per heavy atom. The quantitative estimate of drug-likeness (QED) is 0.460. The predicted molar refractivity (Wildman–Crippen MR) is 64.1 cm³/mol. The molecule has 0 aliphatic heterocycles. The molecule has 0 fully saturated rings. The first-order chi connectivity index (χ1) is 6.12. The Hall–Kier alpha value is 0.314. The highest BCUT2D eigenvalue weighted by atomic mass is 28.4. The van der Waals surface area contributed by atoms with Crippen LogP contribution < -0.4 is 11.5 Å². The van der Waals surface area contributed by atoms with Gasteiger partial charge in [-0.15, -0.1) is 0 Å². The molecule has 80 valence electrons. The molecule has 5 heteroatoms. The van der Waals surface area contributed by atoms with Crippen molar-refractivity contribution < 1.29 is 4.12 Å². The van der Waals surface area contributed by atoms with Crippen LogP contribution in [0.25, 0.3) is 0 Å². The molecule has 0 saturated carbocycles. The van der Waals surface area contributed by atoms with Crippen molar-refractivity contribution in [3.63, 3.8) is 0 Å². The van der Waals surface area contributed by atoms with Crippen molar-refractivity contribution in [2.24, 2.45) is 11.5 Å². The first-order valence-corrected chi connectivity index (χ1v) is 9.86. The molecule has 0 amide bonds. The normalized spacial score (nSPS) is 12.9. The molecule has 0 aromatic heterocycles. The van der Waals surface area contributed by atoms with Gasteiger partial charge in [-0.3, -0.25) is 0 Å². The highest BCUT2D eigenvalue weighted by Crippen LogP contribution is 2.12. The van der Waals surface area contributed by atoms with Crippen LogP contribution in [-0.4, -0.2) is 31.2 Å². The SMILES string of the molecule is C[Si](C)(CCCN)O[SiH2]CCCN. The van der Waals surface area contributed by atoms with E-state index in [-0.39, 0.29) is 9.76 Å². The molecule has 0 aromatic rings. The van der Waals surface area contributed by atoms with Gasteiger partial charge in [-0.05, 0) is 51.1 Å². The Balaban J connectivity index is 3.39. The summed E-state index contributed by atoms with van der Waals surface area (Å²) >= 11 is 0. The Bertz CT molecular complexity index is 123. The maximum atomic E-state index is 6.00. The van der Waals surface area contributed by atoms with E-state index < -0.39 is 8.32 Å².